The normalized spacial score (nSPS) is 14.6. The number of esters is 2. The molecule has 144 valence electrons. The summed E-state index contributed by atoms with van der Waals surface area (Å²) in [5.41, 5.74) is 3.41. The van der Waals surface area contributed by atoms with Crippen molar-refractivity contribution in [2.45, 2.75) is 25.8 Å². The molecule has 0 N–H and O–H groups in total. The van der Waals surface area contributed by atoms with Crippen LogP contribution in [-0.4, -0.2) is 28.6 Å². The number of para-hydroxylation sites is 1. The number of aryl methyl sites for hydroxylation is 1. The summed E-state index contributed by atoms with van der Waals surface area (Å²) in [5, 5.41) is 10.7. The van der Waals surface area contributed by atoms with Crippen LogP contribution in [0.15, 0.2) is 30.3 Å². The Morgan fingerprint density at radius 2 is 2.07 bits per heavy atom. The van der Waals surface area contributed by atoms with Crippen molar-refractivity contribution in [1.29, 1.82) is 5.26 Å². The van der Waals surface area contributed by atoms with Gasteiger partial charge in [0.15, 0.2) is 5.75 Å². The van der Waals surface area contributed by atoms with Gasteiger partial charge in [0.25, 0.3) is 0 Å². The van der Waals surface area contributed by atoms with Crippen LogP contribution in [0.4, 0.5) is 0 Å². The summed E-state index contributed by atoms with van der Waals surface area (Å²) in [6.07, 6.45) is 2.17. The second-order valence-electron chi connectivity index (χ2n) is 7.27. The van der Waals surface area contributed by atoms with Gasteiger partial charge in [-0.1, -0.05) is 18.2 Å². The molecule has 2 aliphatic rings. The Morgan fingerprint density at radius 3 is 2.79 bits per heavy atom. The highest BCUT2D eigenvalue weighted by molar-refractivity contribution is 5.97. The van der Waals surface area contributed by atoms with E-state index >= 15 is 0 Å². The van der Waals surface area contributed by atoms with Gasteiger partial charge in [-0.2, -0.15) is 5.26 Å². The predicted octanol–water partition coefficient (Wildman–Crippen LogP) is 3.23. The van der Waals surface area contributed by atoms with E-state index < -0.39 is 5.97 Å². The van der Waals surface area contributed by atoms with Gasteiger partial charge in [0.2, 0.25) is 0 Å². The number of nitrogens with zero attached hydrogens (tertiary/aromatic N) is 3. The zero-order chi connectivity index (χ0) is 20.1. The van der Waals surface area contributed by atoms with Gasteiger partial charge in [0.05, 0.1) is 35.5 Å². The van der Waals surface area contributed by atoms with E-state index in [4.69, 9.17) is 14.5 Å². The van der Waals surface area contributed by atoms with E-state index in [0.717, 1.165) is 29.4 Å². The van der Waals surface area contributed by atoms with Crippen LogP contribution in [-0.2, 0) is 22.5 Å². The van der Waals surface area contributed by atoms with E-state index in [1.165, 1.54) is 13.2 Å². The second kappa shape index (κ2) is 6.45. The highest BCUT2D eigenvalue weighted by atomic mass is 16.5. The first-order valence-electron chi connectivity index (χ1n) is 9.48. The fourth-order valence-electron chi connectivity index (χ4n) is 3.91. The number of methoxy groups -OCH3 is 1. The van der Waals surface area contributed by atoms with Crippen LogP contribution in [0.5, 0.6) is 5.75 Å². The first kappa shape index (κ1) is 17.4. The van der Waals surface area contributed by atoms with Gasteiger partial charge in [0.1, 0.15) is 11.8 Å². The maximum absolute atomic E-state index is 12.4. The Bertz CT molecular complexity index is 1230. The van der Waals surface area contributed by atoms with E-state index in [1.807, 2.05) is 24.3 Å². The topological polar surface area (TPSA) is 94.2 Å². The van der Waals surface area contributed by atoms with Crippen LogP contribution in [0.25, 0.3) is 22.2 Å². The zero-order valence-corrected chi connectivity index (χ0v) is 15.8. The number of hydrogen-bond acceptors (Lipinski definition) is 6. The van der Waals surface area contributed by atoms with Gasteiger partial charge >= 0.3 is 11.9 Å². The number of hydrogen-bond donors (Lipinski definition) is 0. The van der Waals surface area contributed by atoms with Gasteiger partial charge in [-0.05, 0) is 18.9 Å². The number of ether oxygens (including phenoxy) is 2. The Kier molecular flexibility index (Phi) is 3.88. The van der Waals surface area contributed by atoms with Crippen molar-refractivity contribution in [2.75, 3.05) is 7.11 Å². The molecule has 1 fully saturated rings. The van der Waals surface area contributed by atoms with Gasteiger partial charge < -0.3 is 14.0 Å². The zero-order valence-electron chi connectivity index (χ0n) is 15.8. The lowest BCUT2D eigenvalue weighted by atomic mass is 9.95. The standard InChI is InChI=1S/C22H17N3O4/c1-28-22(27)17-10-18(29-21(26)12-6-7-12)20-19-14(11-23)13-4-2-3-5-15(13)24-16(19)8-9-25(17)20/h2-5,10,12H,6-9H2,1H3. The van der Waals surface area contributed by atoms with Crippen LogP contribution < -0.4 is 4.74 Å². The van der Waals surface area contributed by atoms with Gasteiger partial charge in [0, 0.05) is 30.0 Å². The average Bonchev–Trinajstić information content (AvgIpc) is 3.54. The monoisotopic (exact) mass is 387 g/mol. The molecule has 5 rings (SSSR count). The number of aromatic nitrogens is 2. The number of pyridine rings is 1. The molecule has 0 saturated heterocycles. The van der Waals surface area contributed by atoms with Gasteiger partial charge in [-0.3, -0.25) is 9.78 Å². The lowest BCUT2D eigenvalue weighted by Gasteiger charge is -2.22. The van der Waals surface area contributed by atoms with Crippen LogP contribution in [0.1, 0.15) is 34.6 Å². The third kappa shape index (κ3) is 2.68. The molecular weight excluding hydrogens is 370 g/mol. The molecule has 7 nitrogen and oxygen atoms in total. The lowest BCUT2D eigenvalue weighted by molar-refractivity contribution is -0.135. The molecule has 3 heterocycles. The molecule has 1 aliphatic heterocycles. The van der Waals surface area contributed by atoms with E-state index in [-0.39, 0.29) is 17.6 Å². The molecule has 0 unspecified atom stereocenters. The van der Waals surface area contributed by atoms with Crippen molar-refractivity contribution in [2.24, 2.45) is 5.92 Å². The molecule has 2 aromatic heterocycles. The van der Waals surface area contributed by atoms with E-state index in [1.54, 1.807) is 4.57 Å². The van der Waals surface area contributed by atoms with Crippen molar-refractivity contribution in [3.63, 3.8) is 0 Å². The Labute approximate surface area is 166 Å². The molecule has 1 aromatic carbocycles. The van der Waals surface area contributed by atoms with Crippen LogP contribution in [0, 0.1) is 17.2 Å². The van der Waals surface area contributed by atoms with Crippen LogP contribution >= 0.6 is 0 Å². The average molecular weight is 387 g/mol. The number of rotatable bonds is 3. The predicted molar refractivity (Wildman–Crippen MR) is 103 cm³/mol. The summed E-state index contributed by atoms with van der Waals surface area (Å²) < 4.78 is 12.4. The molecule has 0 amide bonds. The van der Waals surface area contributed by atoms with Crippen molar-refractivity contribution >= 4 is 22.8 Å². The number of fused-ring (bicyclic) bond motifs is 4. The fraction of sp³-hybridized carbons (Fsp3) is 0.273. The molecule has 0 radical (unpaired) electrons. The largest absolute Gasteiger partial charge is 0.464 e. The SMILES string of the molecule is COC(=O)c1cc(OC(=O)C2CC2)c2n1CCc1nc3ccccc3c(C#N)c1-2. The third-order valence-corrected chi connectivity index (χ3v) is 5.47. The van der Waals surface area contributed by atoms with Crippen molar-refractivity contribution in [3.05, 3.63) is 47.3 Å². The summed E-state index contributed by atoms with van der Waals surface area (Å²) in [5.74, 6) is -0.651. The Morgan fingerprint density at radius 1 is 1.28 bits per heavy atom. The maximum atomic E-state index is 12.4. The van der Waals surface area contributed by atoms with Crippen molar-refractivity contribution in [3.8, 4) is 23.1 Å². The fourth-order valence-corrected chi connectivity index (χ4v) is 3.91. The summed E-state index contributed by atoms with van der Waals surface area (Å²) in [4.78, 5) is 29.4. The van der Waals surface area contributed by atoms with Gasteiger partial charge in [-0.15, -0.1) is 0 Å². The Balaban J connectivity index is 1.78. The minimum atomic E-state index is -0.518. The highest BCUT2D eigenvalue weighted by Crippen LogP contribution is 2.43. The van der Waals surface area contributed by atoms with E-state index in [9.17, 15) is 14.9 Å². The van der Waals surface area contributed by atoms with Crippen LogP contribution in [0.2, 0.25) is 0 Å². The van der Waals surface area contributed by atoms with Crippen molar-refractivity contribution in [1.82, 2.24) is 9.55 Å². The molecule has 3 aromatic rings. The minimum Gasteiger partial charge on any atom is -0.464 e. The van der Waals surface area contributed by atoms with Crippen molar-refractivity contribution < 1.29 is 19.1 Å². The summed E-state index contributed by atoms with van der Waals surface area (Å²) in [7, 11) is 1.31. The summed E-state index contributed by atoms with van der Waals surface area (Å²) in [6.45, 7) is 0.476. The van der Waals surface area contributed by atoms with E-state index in [0.29, 0.717) is 35.5 Å². The molecule has 0 atom stereocenters. The lowest BCUT2D eigenvalue weighted by Crippen LogP contribution is -2.19. The molecular formula is C22H17N3O4. The second-order valence-corrected chi connectivity index (χ2v) is 7.27. The molecule has 7 heteroatoms. The smallest absolute Gasteiger partial charge is 0.354 e. The van der Waals surface area contributed by atoms with E-state index in [2.05, 4.69) is 6.07 Å². The highest BCUT2D eigenvalue weighted by Gasteiger charge is 2.35. The molecule has 1 saturated carbocycles. The third-order valence-electron chi connectivity index (χ3n) is 5.47. The number of nitriles is 1. The maximum Gasteiger partial charge on any atom is 0.354 e. The van der Waals surface area contributed by atoms with Gasteiger partial charge in [-0.25, -0.2) is 4.79 Å². The Hall–Kier alpha value is -3.66. The number of carbonyl (C=O) groups excluding carboxylic acids is 2. The minimum absolute atomic E-state index is 0.0969. The molecule has 1 aliphatic carbocycles. The molecule has 0 bridgehead atoms. The summed E-state index contributed by atoms with van der Waals surface area (Å²) in [6, 6.07) is 11.3. The number of benzene rings is 1. The molecule has 0 spiro atoms. The quantitative estimate of drug-likeness (QED) is 0.641. The molecule has 29 heavy (non-hydrogen) atoms. The first-order chi connectivity index (χ1) is 14.1. The summed E-state index contributed by atoms with van der Waals surface area (Å²) >= 11 is 0. The first-order valence-corrected chi connectivity index (χ1v) is 9.48. The van der Waals surface area contributed by atoms with Crippen LogP contribution in [0.3, 0.4) is 0 Å². The number of carbonyl (C=O) groups is 2.